The Hall–Kier alpha value is -3.21. The van der Waals surface area contributed by atoms with Gasteiger partial charge in [0.25, 0.3) is 0 Å². The number of ether oxygens (including phenoxy) is 1. The molecule has 0 unspecified atom stereocenters. The van der Waals surface area contributed by atoms with Crippen molar-refractivity contribution >= 4 is 37.8 Å². The van der Waals surface area contributed by atoms with Crippen LogP contribution >= 0.6 is 0 Å². The maximum Gasteiger partial charge on any atom is 0.349 e. The predicted octanol–water partition coefficient (Wildman–Crippen LogP) is 3.76. The standard InChI is InChI=1S/C24H27N3O6S/c1-4-27(5-2)17-8-7-16-13-19(24(28)33-21(16)14-17)23-26-20-10-9-18(15-22(20)32-23)34(29,30)25-11-6-12-31-3/h7-10,13-15,25H,4-6,11-12H2,1-3H3. The Kier molecular flexibility index (Phi) is 7.01. The molecule has 0 amide bonds. The molecule has 9 nitrogen and oxygen atoms in total. The van der Waals surface area contributed by atoms with Gasteiger partial charge in [-0.15, -0.1) is 0 Å². The van der Waals surface area contributed by atoms with Crippen LogP contribution in [0.15, 0.2) is 61.0 Å². The number of methoxy groups -OCH3 is 1. The summed E-state index contributed by atoms with van der Waals surface area (Å²) < 4.78 is 43.9. The van der Waals surface area contributed by atoms with Crippen LogP contribution < -0.4 is 15.2 Å². The van der Waals surface area contributed by atoms with Crippen molar-refractivity contribution in [3.05, 3.63) is 52.9 Å². The van der Waals surface area contributed by atoms with Crippen LogP contribution in [0.1, 0.15) is 20.3 Å². The van der Waals surface area contributed by atoms with Crippen LogP contribution in [0.5, 0.6) is 0 Å². The van der Waals surface area contributed by atoms with Gasteiger partial charge in [0.15, 0.2) is 5.58 Å². The van der Waals surface area contributed by atoms with E-state index in [0.29, 0.717) is 24.1 Å². The molecule has 2 aromatic carbocycles. The van der Waals surface area contributed by atoms with Gasteiger partial charge in [0, 0.05) is 56.6 Å². The summed E-state index contributed by atoms with van der Waals surface area (Å²) in [6.07, 6.45) is 0.554. The minimum Gasteiger partial charge on any atom is -0.436 e. The number of hydrogen-bond donors (Lipinski definition) is 1. The molecule has 0 spiro atoms. The van der Waals surface area contributed by atoms with Crippen LogP contribution in [0.4, 0.5) is 5.69 Å². The third-order valence-corrected chi connectivity index (χ3v) is 7.02. The van der Waals surface area contributed by atoms with Crippen molar-refractivity contribution in [3.8, 4) is 11.5 Å². The maximum atomic E-state index is 12.7. The number of benzene rings is 2. The summed E-state index contributed by atoms with van der Waals surface area (Å²) in [5.41, 5.74) is 1.72. The molecule has 1 N–H and O–H groups in total. The lowest BCUT2D eigenvalue weighted by Gasteiger charge is -2.20. The number of oxazole rings is 1. The number of sulfonamides is 1. The molecule has 0 aliphatic heterocycles. The quantitative estimate of drug-likeness (QED) is 0.267. The SMILES string of the molecule is CCN(CC)c1ccc2cc(-c3nc4ccc(S(=O)(=O)NCCCOC)cc4o3)c(=O)oc2c1. The fraction of sp³-hybridized carbons (Fsp3) is 0.333. The van der Waals surface area contributed by atoms with Crippen LogP contribution in [0.25, 0.3) is 33.5 Å². The van der Waals surface area contributed by atoms with E-state index >= 15 is 0 Å². The largest absolute Gasteiger partial charge is 0.436 e. The first-order valence-electron chi connectivity index (χ1n) is 11.1. The Morgan fingerprint density at radius 2 is 1.82 bits per heavy atom. The number of aromatic nitrogens is 1. The van der Waals surface area contributed by atoms with E-state index in [2.05, 4.69) is 28.5 Å². The number of hydrogen-bond acceptors (Lipinski definition) is 8. The van der Waals surface area contributed by atoms with E-state index in [4.69, 9.17) is 13.6 Å². The summed E-state index contributed by atoms with van der Waals surface area (Å²) >= 11 is 0. The molecular weight excluding hydrogens is 458 g/mol. The second-order valence-corrected chi connectivity index (χ2v) is 9.50. The molecule has 0 bridgehead atoms. The molecule has 0 radical (unpaired) electrons. The summed E-state index contributed by atoms with van der Waals surface area (Å²) in [5.74, 6) is 0.0704. The van der Waals surface area contributed by atoms with E-state index in [1.54, 1.807) is 19.2 Å². The van der Waals surface area contributed by atoms with Crippen molar-refractivity contribution in [2.24, 2.45) is 0 Å². The average Bonchev–Trinajstić information content (AvgIpc) is 3.25. The topological polar surface area (TPSA) is 115 Å². The van der Waals surface area contributed by atoms with Crippen LogP contribution in [0.3, 0.4) is 0 Å². The van der Waals surface area contributed by atoms with E-state index in [1.807, 2.05) is 18.2 Å². The summed E-state index contributed by atoms with van der Waals surface area (Å²) in [4.78, 5) is 19.3. The maximum absolute atomic E-state index is 12.7. The number of anilines is 1. The second kappa shape index (κ2) is 9.96. The zero-order valence-corrected chi connectivity index (χ0v) is 20.1. The van der Waals surface area contributed by atoms with Crippen LogP contribution in [-0.2, 0) is 14.8 Å². The summed E-state index contributed by atoms with van der Waals surface area (Å²) in [6.45, 7) is 6.52. The highest BCUT2D eigenvalue weighted by molar-refractivity contribution is 7.89. The fourth-order valence-corrected chi connectivity index (χ4v) is 4.82. The Morgan fingerprint density at radius 1 is 1.03 bits per heavy atom. The van der Waals surface area contributed by atoms with Gasteiger partial charge in [0.2, 0.25) is 15.9 Å². The summed E-state index contributed by atoms with van der Waals surface area (Å²) in [5, 5.41) is 0.733. The summed E-state index contributed by atoms with van der Waals surface area (Å²) in [7, 11) is -2.16. The van der Waals surface area contributed by atoms with E-state index < -0.39 is 15.6 Å². The monoisotopic (exact) mass is 485 g/mol. The highest BCUT2D eigenvalue weighted by Crippen LogP contribution is 2.28. The van der Waals surface area contributed by atoms with Gasteiger partial charge in [-0.2, -0.15) is 0 Å². The van der Waals surface area contributed by atoms with E-state index in [9.17, 15) is 13.2 Å². The zero-order valence-electron chi connectivity index (χ0n) is 19.3. The first-order valence-corrected chi connectivity index (χ1v) is 12.6. The zero-order chi connectivity index (χ0) is 24.3. The molecule has 0 fully saturated rings. The normalized spacial score (nSPS) is 12.0. The molecule has 180 valence electrons. The van der Waals surface area contributed by atoms with Crippen molar-refractivity contribution in [1.29, 1.82) is 0 Å². The molecule has 0 saturated heterocycles. The second-order valence-electron chi connectivity index (χ2n) is 7.73. The lowest BCUT2D eigenvalue weighted by atomic mass is 10.1. The summed E-state index contributed by atoms with van der Waals surface area (Å²) in [6, 6.07) is 11.8. The van der Waals surface area contributed by atoms with Gasteiger partial charge in [-0.1, -0.05) is 0 Å². The van der Waals surface area contributed by atoms with E-state index in [1.165, 1.54) is 12.1 Å². The van der Waals surface area contributed by atoms with E-state index in [-0.39, 0.29) is 28.5 Å². The Labute approximate surface area is 197 Å². The Morgan fingerprint density at radius 3 is 2.56 bits per heavy atom. The lowest BCUT2D eigenvalue weighted by molar-refractivity contribution is 0.196. The third kappa shape index (κ3) is 4.84. The Balaban J connectivity index is 1.67. The molecule has 4 rings (SSSR count). The average molecular weight is 486 g/mol. The van der Waals surface area contributed by atoms with Gasteiger partial charge in [-0.3, -0.25) is 0 Å². The molecule has 4 aromatic rings. The van der Waals surface area contributed by atoms with Gasteiger partial charge in [-0.25, -0.2) is 22.9 Å². The smallest absolute Gasteiger partial charge is 0.349 e. The number of nitrogens with zero attached hydrogens (tertiary/aromatic N) is 2. The first-order chi connectivity index (χ1) is 16.4. The molecule has 2 aromatic heterocycles. The minimum absolute atomic E-state index is 0.0506. The molecule has 2 heterocycles. The minimum atomic E-state index is -3.72. The van der Waals surface area contributed by atoms with Crippen LogP contribution in [-0.4, -0.2) is 46.8 Å². The Bertz CT molecular complexity index is 1470. The van der Waals surface area contributed by atoms with Crippen molar-refractivity contribution in [3.63, 3.8) is 0 Å². The van der Waals surface area contributed by atoms with Gasteiger partial charge in [0.05, 0.1) is 4.90 Å². The van der Waals surface area contributed by atoms with Crippen molar-refractivity contribution in [2.75, 3.05) is 38.3 Å². The fourth-order valence-electron chi connectivity index (χ4n) is 3.73. The van der Waals surface area contributed by atoms with Crippen LogP contribution in [0, 0.1) is 0 Å². The van der Waals surface area contributed by atoms with Crippen LogP contribution in [0.2, 0.25) is 0 Å². The molecule has 0 aliphatic carbocycles. The van der Waals surface area contributed by atoms with E-state index in [0.717, 1.165) is 24.2 Å². The van der Waals surface area contributed by atoms with Gasteiger partial charge < -0.3 is 18.5 Å². The van der Waals surface area contributed by atoms with Crippen molar-refractivity contribution in [1.82, 2.24) is 9.71 Å². The number of fused-ring (bicyclic) bond motifs is 2. The molecular formula is C24H27N3O6S. The van der Waals surface area contributed by atoms with Crippen molar-refractivity contribution < 1.29 is 22.0 Å². The third-order valence-electron chi connectivity index (χ3n) is 5.57. The van der Waals surface area contributed by atoms with Gasteiger partial charge in [0.1, 0.15) is 16.7 Å². The molecule has 0 saturated carbocycles. The molecule has 0 aliphatic rings. The first kappa shape index (κ1) is 23.9. The van der Waals surface area contributed by atoms with Gasteiger partial charge >= 0.3 is 5.63 Å². The predicted molar refractivity (Wildman–Crippen MR) is 131 cm³/mol. The number of rotatable bonds is 10. The molecule has 0 atom stereocenters. The highest BCUT2D eigenvalue weighted by atomic mass is 32.2. The van der Waals surface area contributed by atoms with Crippen molar-refractivity contribution in [2.45, 2.75) is 25.2 Å². The highest BCUT2D eigenvalue weighted by Gasteiger charge is 2.19. The molecule has 34 heavy (non-hydrogen) atoms. The lowest BCUT2D eigenvalue weighted by Crippen LogP contribution is -2.25. The number of nitrogens with one attached hydrogen (secondary N) is 1. The molecule has 10 heteroatoms. The van der Waals surface area contributed by atoms with Gasteiger partial charge in [-0.05, 0) is 50.6 Å².